The lowest BCUT2D eigenvalue weighted by molar-refractivity contribution is 0.445. The molecule has 0 bridgehead atoms. The molecule has 2 N–H and O–H groups in total. The summed E-state index contributed by atoms with van der Waals surface area (Å²) in [4.78, 5) is 0. The maximum absolute atomic E-state index is 13.8. The summed E-state index contributed by atoms with van der Waals surface area (Å²) in [5.74, 6) is 0.125. The molecule has 1 unspecified atom stereocenters. The van der Waals surface area contributed by atoms with Crippen LogP contribution in [0.15, 0.2) is 40.9 Å². The molecular formula is C17H17BrFNO. The number of benzene rings is 2. The third-order valence-electron chi connectivity index (χ3n) is 3.99. The Morgan fingerprint density at radius 1 is 1.24 bits per heavy atom. The van der Waals surface area contributed by atoms with Crippen LogP contribution in [0.5, 0.6) is 5.75 Å². The molecule has 1 aliphatic carbocycles. The summed E-state index contributed by atoms with van der Waals surface area (Å²) in [5.41, 5.74) is 3.07. The number of fused-ring (bicyclic) bond motifs is 1. The van der Waals surface area contributed by atoms with Gasteiger partial charge in [-0.3, -0.25) is 0 Å². The van der Waals surface area contributed by atoms with Crippen LogP contribution in [-0.2, 0) is 13.0 Å². The molecule has 2 nitrogen and oxygen atoms in total. The summed E-state index contributed by atoms with van der Waals surface area (Å²) >= 11 is 3.37. The number of phenolic OH excluding ortho intramolecular Hbond substituents is 1. The van der Waals surface area contributed by atoms with Crippen molar-refractivity contribution in [3.05, 3.63) is 63.4 Å². The molecule has 21 heavy (non-hydrogen) atoms. The molecule has 2 aromatic rings. The van der Waals surface area contributed by atoms with Crippen molar-refractivity contribution in [2.45, 2.75) is 31.8 Å². The van der Waals surface area contributed by atoms with E-state index in [4.69, 9.17) is 0 Å². The normalized spacial score (nSPS) is 17.5. The van der Waals surface area contributed by atoms with Gasteiger partial charge in [-0.15, -0.1) is 0 Å². The van der Waals surface area contributed by atoms with E-state index >= 15 is 0 Å². The first-order valence-electron chi connectivity index (χ1n) is 7.12. The Hall–Kier alpha value is -1.39. The Kier molecular flexibility index (Phi) is 4.27. The van der Waals surface area contributed by atoms with Crippen LogP contribution in [0.3, 0.4) is 0 Å². The Balaban J connectivity index is 1.76. The first-order valence-corrected chi connectivity index (χ1v) is 7.92. The molecule has 1 aliphatic rings. The number of aromatic hydroxyl groups is 1. The summed E-state index contributed by atoms with van der Waals surface area (Å²) in [5, 5.41) is 13.0. The molecule has 2 aromatic carbocycles. The van der Waals surface area contributed by atoms with Crippen molar-refractivity contribution in [3.63, 3.8) is 0 Å². The average Bonchev–Trinajstić information content (AvgIpc) is 2.47. The Morgan fingerprint density at radius 2 is 2.10 bits per heavy atom. The van der Waals surface area contributed by atoms with E-state index in [2.05, 4.69) is 21.2 Å². The van der Waals surface area contributed by atoms with Gasteiger partial charge in [-0.1, -0.05) is 22.0 Å². The van der Waals surface area contributed by atoms with Crippen LogP contribution >= 0.6 is 15.9 Å². The van der Waals surface area contributed by atoms with Gasteiger partial charge in [0.2, 0.25) is 0 Å². The number of phenols is 1. The zero-order chi connectivity index (χ0) is 14.8. The second-order valence-corrected chi connectivity index (χ2v) is 6.36. The van der Waals surface area contributed by atoms with Crippen molar-refractivity contribution in [1.29, 1.82) is 0 Å². The Morgan fingerprint density at radius 3 is 2.95 bits per heavy atom. The largest absolute Gasteiger partial charge is 0.508 e. The van der Waals surface area contributed by atoms with E-state index in [0.717, 1.165) is 23.7 Å². The summed E-state index contributed by atoms with van der Waals surface area (Å²) < 4.78 is 14.7. The van der Waals surface area contributed by atoms with Gasteiger partial charge in [0, 0.05) is 22.6 Å². The minimum absolute atomic E-state index is 0.188. The highest BCUT2D eigenvalue weighted by Crippen LogP contribution is 2.32. The molecule has 1 atom stereocenters. The molecule has 0 amide bonds. The van der Waals surface area contributed by atoms with Gasteiger partial charge in [-0.25, -0.2) is 4.39 Å². The lowest BCUT2D eigenvalue weighted by Crippen LogP contribution is -2.25. The molecule has 0 fully saturated rings. The highest BCUT2D eigenvalue weighted by atomic mass is 79.9. The molecule has 3 rings (SSSR count). The van der Waals surface area contributed by atoms with E-state index in [1.807, 2.05) is 18.2 Å². The SMILES string of the molecule is Oc1ccc2c(c1)CCCC2NCc1cc(Br)ccc1F. The zero-order valence-electron chi connectivity index (χ0n) is 11.6. The molecule has 0 saturated carbocycles. The highest BCUT2D eigenvalue weighted by molar-refractivity contribution is 9.10. The molecular weight excluding hydrogens is 333 g/mol. The highest BCUT2D eigenvalue weighted by Gasteiger charge is 2.20. The number of nitrogens with one attached hydrogen (secondary N) is 1. The van der Waals surface area contributed by atoms with Gasteiger partial charge in [-0.05, 0) is 60.7 Å². The molecule has 4 heteroatoms. The van der Waals surface area contributed by atoms with E-state index in [9.17, 15) is 9.50 Å². The van der Waals surface area contributed by atoms with Gasteiger partial charge in [0.15, 0.2) is 0 Å². The molecule has 0 aliphatic heterocycles. The average molecular weight is 350 g/mol. The van der Waals surface area contributed by atoms with Gasteiger partial charge in [0.1, 0.15) is 11.6 Å². The minimum atomic E-state index is -0.188. The van der Waals surface area contributed by atoms with Crippen molar-refractivity contribution in [2.24, 2.45) is 0 Å². The molecule has 0 radical (unpaired) electrons. The van der Waals surface area contributed by atoms with Gasteiger partial charge in [0.05, 0.1) is 0 Å². The fourth-order valence-electron chi connectivity index (χ4n) is 2.92. The number of hydrogen-bond donors (Lipinski definition) is 2. The van der Waals surface area contributed by atoms with Crippen LogP contribution in [0.1, 0.15) is 35.6 Å². The van der Waals surface area contributed by atoms with Crippen LogP contribution in [-0.4, -0.2) is 5.11 Å². The van der Waals surface area contributed by atoms with Crippen LogP contribution in [0.2, 0.25) is 0 Å². The van der Waals surface area contributed by atoms with Gasteiger partial charge in [-0.2, -0.15) is 0 Å². The number of hydrogen-bond acceptors (Lipinski definition) is 2. The Bertz CT molecular complexity index is 659. The molecule has 110 valence electrons. The molecule has 0 aromatic heterocycles. The fraction of sp³-hybridized carbons (Fsp3) is 0.294. The minimum Gasteiger partial charge on any atom is -0.508 e. The summed E-state index contributed by atoms with van der Waals surface area (Å²) in [6, 6.07) is 10.7. The summed E-state index contributed by atoms with van der Waals surface area (Å²) in [6.07, 6.45) is 3.11. The van der Waals surface area contributed by atoms with Crippen LogP contribution < -0.4 is 5.32 Å². The number of halogens is 2. The maximum atomic E-state index is 13.8. The quantitative estimate of drug-likeness (QED) is 0.857. The second-order valence-electron chi connectivity index (χ2n) is 5.44. The van der Waals surface area contributed by atoms with Crippen LogP contribution in [0.25, 0.3) is 0 Å². The molecule has 0 heterocycles. The monoisotopic (exact) mass is 349 g/mol. The lowest BCUT2D eigenvalue weighted by Gasteiger charge is -2.26. The second kappa shape index (κ2) is 6.16. The van der Waals surface area contributed by atoms with Gasteiger partial charge >= 0.3 is 0 Å². The summed E-state index contributed by atoms with van der Waals surface area (Å²) in [7, 11) is 0. The van der Waals surface area contributed by atoms with Crippen molar-refractivity contribution in [1.82, 2.24) is 5.32 Å². The van der Waals surface area contributed by atoms with Crippen LogP contribution in [0, 0.1) is 5.82 Å². The van der Waals surface area contributed by atoms with Gasteiger partial charge < -0.3 is 10.4 Å². The van der Waals surface area contributed by atoms with Gasteiger partial charge in [0.25, 0.3) is 0 Å². The van der Waals surface area contributed by atoms with Crippen molar-refractivity contribution in [3.8, 4) is 5.75 Å². The van der Waals surface area contributed by atoms with Crippen LogP contribution in [0.4, 0.5) is 4.39 Å². The van der Waals surface area contributed by atoms with E-state index in [1.165, 1.54) is 17.2 Å². The predicted molar refractivity (Wildman–Crippen MR) is 84.7 cm³/mol. The van der Waals surface area contributed by atoms with E-state index in [0.29, 0.717) is 17.9 Å². The Labute approximate surface area is 132 Å². The third-order valence-corrected chi connectivity index (χ3v) is 4.48. The van der Waals surface area contributed by atoms with Crippen molar-refractivity contribution >= 4 is 15.9 Å². The van der Waals surface area contributed by atoms with E-state index in [-0.39, 0.29) is 11.9 Å². The maximum Gasteiger partial charge on any atom is 0.127 e. The first kappa shape index (κ1) is 14.5. The topological polar surface area (TPSA) is 32.3 Å². The summed E-state index contributed by atoms with van der Waals surface area (Å²) in [6.45, 7) is 0.496. The number of aryl methyl sites for hydroxylation is 1. The predicted octanol–water partition coefficient (Wildman–Crippen LogP) is 4.46. The molecule has 0 saturated heterocycles. The lowest BCUT2D eigenvalue weighted by atomic mass is 9.87. The van der Waals surface area contributed by atoms with Crippen molar-refractivity contribution in [2.75, 3.05) is 0 Å². The third kappa shape index (κ3) is 3.27. The van der Waals surface area contributed by atoms with Crippen molar-refractivity contribution < 1.29 is 9.50 Å². The smallest absolute Gasteiger partial charge is 0.127 e. The molecule has 0 spiro atoms. The standard InChI is InChI=1S/C17H17BrFNO/c18-13-4-7-16(19)12(8-13)10-20-17-3-1-2-11-9-14(21)5-6-15(11)17/h4-9,17,20-21H,1-3,10H2. The zero-order valence-corrected chi connectivity index (χ0v) is 13.2. The fourth-order valence-corrected chi connectivity index (χ4v) is 3.33. The van der Waals surface area contributed by atoms with E-state index < -0.39 is 0 Å². The number of rotatable bonds is 3. The van der Waals surface area contributed by atoms with E-state index in [1.54, 1.807) is 12.1 Å². The first-order chi connectivity index (χ1) is 10.1.